The average Bonchev–Trinajstić information content (AvgIpc) is 3.02. The zero-order valence-corrected chi connectivity index (χ0v) is 17.4. The van der Waals surface area contributed by atoms with Crippen molar-refractivity contribution in [3.05, 3.63) is 59.2 Å². The number of carbonyl (C=O) groups is 2. The van der Waals surface area contributed by atoms with Gasteiger partial charge in [0.25, 0.3) is 11.7 Å². The lowest BCUT2D eigenvalue weighted by Crippen LogP contribution is -2.35. The lowest BCUT2D eigenvalue weighted by Gasteiger charge is -2.26. The van der Waals surface area contributed by atoms with E-state index < -0.39 is 17.7 Å². The van der Waals surface area contributed by atoms with Crippen LogP contribution < -0.4 is 9.47 Å². The quantitative estimate of drug-likeness (QED) is 0.431. The summed E-state index contributed by atoms with van der Waals surface area (Å²) >= 11 is 0. The Hall–Kier alpha value is -3.52. The maximum absolute atomic E-state index is 13.0. The summed E-state index contributed by atoms with van der Waals surface area (Å²) in [4.78, 5) is 29.2. The Labute approximate surface area is 179 Å². The van der Waals surface area contributed by atoms with Crippen LogP contribution in [0.3, 0.4) is 0 Å². The molecule has 162 valence electrons. The molecule has 2 aromatic rings. The van der Waals surface area contributed by atoms with Crippen molar-refractivity contribution in [3.63, 3.8) is 0 Å². The van der Waals surface area contributed by atoms with E-state index in [1.54, 1.807) is 30.3 Å². The average molecular weight is 424 g/mol. The Kier molecular flexibility index (Phi) is 5.56. The molecule has 1 saturated heterocycles. The molecule has 2 heterocycles. The molecule has 0 spiro atoms. The molecular formula is C23H24N2O6. The van der Waals surface area contributed by atoms with E-state index in [9.17, 15) is 19.8 Å². The Balaban J connectivity index is 1.81. The van der Waals surface area contributed by atoms with Crippen LogP contribution in [0.25, 0.3) is 5.76 Å². The van der Waals surface area contributed by atoms with Crippen LogP contribution in [0.1, 0.15) is 17.2 Å². The van der Waals surface area contributed by atoms with Gasteiger partial charge < -0.3 is 29.5 Å². The van der Waals surface area contributed by atoms with Crippen LogP contribution in [0.5, 0.6) is 17.2 Å². The summed E-state index contributed by atoms with van der Waals surface area (Å²) in [5.74, 6) is -0.590. The van der Waals surface area contributed by atoms with E-state index in [-0.39, 0.29) is 17.1 Å². The molecule has 2 N–H and O–H groups in total. The van der Waals surface area contributed by atoms with Crippen molar-refractivity contribution in [2.45, 2.75) is 6.04 Å². The van der Waals surface area contributed by atoms with E-state index in [1.807, 2.05) is 19.0 Å². The maximum atomic E-state index is 13.0. The summed E-state index contributed by atoms with van der Waals surface area (Å²) in [6, 6.07) is 10.4. The van der Waals surface area contributed by atoms with Crippen LogP contribution in [0.15, 0.2) is 48.0 Å². The van der Waals surface area contributed by atoms with Crippen molar-refractivity contribution in [2.75, 3.05) is 40.4 Å². The Morgan fingerprint density at radius 3 is 2.42 bits per heavy atom. The Morgan fingerprint density at radius 2 is 1.74 bits per heavy atom. The van der Waals surface area contributed by atoms with Gasteiger partial charge in [-0.15, -0.1) is 0 Å². The van der Waals surface area contributed by atoms with E-state index in [2.05, 4.69) is 0 Å². The molecule has 1 atom stereocenters. The molecule has 8 nitrogen and oxygen atoms in total. The summed E-state index contributed by atoms with van der Waals surface area (Å²) in [6.07, 6.45) is 0. The number of Topliss-reactive ketones (excluding diaryl/α,β-unsaturated/α-hetero) is 1. The number of rotatable bonds is 5. The smallest absolute Gasteiger partial charge is 0.295 e. The van der Waals surface area contributed by atoms with Gasteiger partial charge in [0.05, 0.1) is 11.6 Å². The number of hydrogen-bond acceptors (Lipinski definition) is 7. The lowest BCUT2D eigenvalue weighted by molar-refractivity contribution is -0.140. The number of hydrogen-bond donors (Lipinski definition) is 2. The van der Waals surface area contributed by atoms with Gasteiger partial charge in [0.2, 0.25) is 0 Å². The topological polar surface area (TPSA) is 99.5 Å². The minimum atomic E-state index is -0.770. The summed E-state index contributed by atoms with van der Waals surface area (Å²) in [6.45, 7) is 1.68. The zero-order valence-electron chi connectivity index (χ0n) is 17.4. The number of benzene rings is 2. The maximum Gasteiger partial charge on any atom is 0.295 e. The van der Waals surface area contributed by atoms with E-state index in [4.69, 9.17) is 9.47 Å². The van der Waals surface area contributed by atoms with Gasteiger partial charge >= 0.3 is 0 Å². The SMILES string of the molecule is CN(C)CCN1C(=O)C(=O)/C(=C(\O)c2ccc3c(c2)OCCO3)C1c1ccc(O)cc1. The minimum Gasteiger partial charge on any atom is -0.508 e. The van der Waals surface area contributed by atoms with Crippen molar-refractivity contribution < 1.29 is 29.3 Å². The third kappa shape index (κ3) is 3.94. The van der Waals surface area contributed by atoms with Gasteiger partial charge in [-0.3, -0.25) is 9.59 Å². The van der Waals surface area contributed by atoms with E-state index >= 15 is 0 Å². The highest BCUT2D eigenvalue weighted by molar-refractivity contribution is 6.46. The van der Waals surface area contributed by atoms with Crippen LogP contribution in [0, 0.1) is 0 Å². The van der Waals surface area contributed by atoms with Gasteiger partial charge in [-0.2, -0.15) is 0 Å². The number of fused-ring (bicyclic) bond motifs is 1. The van der Waals surface area contributed by atoms with Crippen LogP contribution >= 0.6 is 0 Å². The molecule has 0 bridgehead atoms. The molecule has 1 unspecified atom stereocenters. The number of likely N-dealkylation sites (N-methyl/N-ethyl adjacent to an activating group) is 1. The molecule has 2 aliphatic heterocycles. The standard InChI is InChI=1S/C23H24N2O6/c1-24(2)9-10-25-20(14-3-6-16(26)7-4-14)19(22(28)23(25)29)21(27)15-5-8-17-18(13-15)31-12-11-30-17/h3-8,13,20,26-27H,9-12H2,1-2H3/b21-19-. The number of ketones is 1. The Morgan fingerprint density at radius 1 is 1.06 bits per heavy atom. The van der Waals surface area contributed by atoms with E-state index in [0.717, 1.165) is 0 Å². The second kappa shape index (κ2) is 8.31. The summed E-state index contributed by atoms with van der Waals surface area (Å²) in [5.41, 5.74) is 0.986. The van der Waals surface area contributed by atoms with Gasteiger partial charge in [-0.25, -0.2) is 0 Å². The highest BCUT2D eigenvalue weighted by Gasteiger charge is 2.46. The molecule has 2 aromatic carbocycles. The van der Waals surface area contributed by atoms with Crippen molar-refractivity contribution in [1.82, 2.24) is 9.80 Å². The lowest BCUT2D eigenvalue weighted by atomic mass is 9.95. The predicted octanol–water partition coefficient (Wildman–Crippen LogP) is 2.15. The fourth-order valence-corrected chi connectivity index (χ4v) is 3.77. The normalized spacial score (nSPS) is 19.8. The number of phenols is 1. The van der Waals surface area contributed by atoms with Crippen LogP contribution in [0.2, 0.25) is 0 Å². The number of phenolic OH excluding ortho intramolecular Hbond substituents is 1. The van der Waals surface area contributed by atoms with Crippen molar-refractivity contribution >= 4 is 17.4 Å². The first-order chi connectivity index (χ1) is 14.9. The van der Waals surface area contributed by atoms with Gasteiger partial charge in [0, 0.05) is 18.7 Å². The first kappa shape index (κ1) is 20.7. The van der Waals surface area contributed by atoms with E-state index in [1.165, 1.54) is 17.0 Å². The van der Waals surface area contributed by atoms with Crippen molar-refractivity contribution in [3.8, 4) is 17.2 Å². The number of carbonyl (C=O) groups excluding carboxylic acids is 2. The molecule has 1 amide bonds. The summed E-state index contributed by atoms with van der Waals surface area (Å²) in [5, 5.41) is 20.8. The fourth-order valence-electron chi connectivity index (χ4n) is 3.77. The molecule has 31 heavy (non-hydrogen) atoms. The third-order valence-corrected chi connectivity index (χ3v) is 5.35. The second-order valence-electron chi connectivity index (χ2n) is 7.75. The van der Waals surface area contributed by atoms with Gasteiger partial charge in [-0.1, -0.05) is 12.1 Å². The van der Waals surface area contributed by atoms with Crippen LogP contribution in [-0.2, 0) is 9.59 Å². The van der Waals surface area contributed by atoms with E-state index in [0.29, 0.717) is 48.9 Å². The molecular weight excluding hydrogens is 400 g/mol. The molecule has 2 aliphatic rings. The first-order valence-electron chi connectivity index (χ1n) is 9.99. The number of aliphatic hydroxyl groups excluding tert-OH is 1. The number of ether oxygens (including phenoxy) is 2. The molecule has 4 rings (SSSR count). The van der Waals surface area contributed by atoms with Crippen LogP contribution in [-0.4, -0.2) is 72.1 Å². The summed E-state index contributed by atoms with van der Waals surface area (Å²) in [7, 11) is 3.75. The second-order valence-corrected chi connectivity index (χ2v) is 7.75. The zero-order chi connectivity index (χ0) is 22.1. The van der Waals surface area contributed by atoms with Crippen molar-refractivity contribution in [2.24, 2.45) is 0 Å². The molecule has 0 saturated carbocycles. The highest BCUT2D eigenvalue weighted by atomic mass is 16.6. The molecule has 0 radical (unpaired) electrons. The molecule has 0 aromatic heterocycles. The van der Waals surface area contributed by atoms with Gasteiger partial charge in [-0.05, 0) is 50.0 Å². The predicted molar refractivity (Wildman–Crippen MR) is 113 cm³/mol. The Bertz CT molecular complexity index is 1040. The number of nitrogens with zero attached hydrogens (tertiary/aromatic N) is 2. The molecule has 1 fully saturated rings. The van der Waals surface area contributed by atoms with Gasteiger partial charge in [0.15, 0.2) is 11.5 Å². The monoisotopic (exact) mass is 424 g/mol. The number of likely N-dealkylation sites (tertiary alicyclic amines) is 1. The minimum absolute atomic E-state index is 0.00567. The number of aromatic hydroxyl groups is 1. The summed E-state index contributed by atoms with van der Waals surface area (Å²) < 4.78 is 11.1. The molecule has 0 aliphatic carbocycles. The van der Waals surface area contributed by atoms with Crippen LogP contribution in [0.4, 0.5) is 0 Å². The number of amides is 1. The van der Waals surface area contributed by atoms with Gasteiger partial charge in [0.1, 0.15) is 24.7 Å². The third-order valence-electron chi connectivity index (χ3n) is 5.35. The number of aliphatic hydroxyl groups is 1. The largest absolute Gasteiger partial charge is 0.508 e. The van der Waals surface area contributed by atoms with Crippen molar-refractivity contribution in [1.29, 1.82) is 0 Å². The first-order valence-corrected chi connectivity index (χ1v) is 9.99. The fraction of sp³-hybridized carbons (Fsp3) is 0.304. The molecule has 8 heteroatoms. The highest BCUT2D eigenvalue weighted by Crippen LogP contribution is 2.41.